The lowest BCUT2D eigenvalue weighted by atomic mass is 10.1. The number of unbranched alkanes of at least 4 members (excludes halogenated alkanes) is 12. The third kappa shape index (κ3) is 27.3. The number of hydrogen-bond donors (Lipinski definition) is 3. The van der Waals surface area contributed by atoms with Gasteiger partial charge in [-0.2, -0.15) is 0 Å². The summed E-state index contributed by atoms with van der Waals surface area (Å²) in [5.74, 6) is 23.7. The van der Waals surface area contributed by atoms with E-state index < -0.39 is 12.2 Å². The van der Waals surface area contributed by atoms with Gasteiger partial charge >= 0.3 is 0 Å². The molecule has 188 valence electrons. The van der Waals surface area contributed by atoms with Crippen molar-refractivity contribution in [2.24, 2.45) is 0 Å². The van der Waals surface area contributed by atoms with Gasteiger partial charge in [-0.15, -0.1) is 6.42 Å². The normalized spacial score (nSPS) is 11.7. The van der Waals surface area contributed by atoms with Crippen molar-refractivity contribution < 1.29 is 15.3 Å². The minimum Gasteiger partial charge on any atom is -0.384 e. The predicted molar refractivity (Wildman–Crippen MR) is 147 cm³/mol. The highest BCUT2D eigenvalue weighted by atomic mass is 16.3. The molecule has 2 atom stereocenters. The quantitative estimate of drug-likeness (QED) is 0.152. The van der Waals surface area contributed by atoms with E-state index in [0.717, 1.165) is 51.4 Å². The second-order valence-electron chi connectivity index (χ2n) is 8.26. The summed E-state index contributed by atoms with van der Waals surface area (Å²) in [6.07, 6.45) is 28.2. The Morgan fingerprint density at radius 2 is 1.31 bits per heavy atom. The average molecular weight is 475 g/mol. The van der Waals surface area contributed by atoms with Gasteiger partial charge in [-0.1, -0.05) is 86.7 Å². The summed E-state index contributed by atoms with van der Waals surface area (Å²) in [6.45, 7) is -0.211. The molecule has 0 aromatic rings. The standard InChI is InChI=1S/C32H42O3/c1-2-31(34)27-23-19-16-14-12-10-8-6-4-3-5-7-9-11-13-15-17-20-24-28-32(35)29-25-21-18-22-26-30-33/h1,5,7,23,27,31-35H,3-4,6,8,10,12-17,19-20,24,28,30H2/b7-5-,27-23+/t31-,32-/m0/s1. The van der Waals surface area contributed by atoms with Gasteiger partial charge in [-0.25, -0.2) is 0 Å². The summed E-state index contributed by atoms with van der Waals surface area (Å²) in [6, 6.07) is 0. The first-order valence-electron chi connectivity index (χ1n) is 12.9. The SMILES string of the molecule is C#C[C@H](O)/C=C/CCCCCCCCC/C=C\C#CCCCCCC[C@H](O)C#CC#CC#CCO. The fourth-order valence-corrected chi connectivity index (χ4v) is 3.20. The van der Waals surface area contributed by atoms with Crippen LogP contribution in [0.3, 0.4) is 0 Å². The summed E-state index contributed by atoms with van der Waals surface area (Å²) < 4.78 is 0. The smallest absolute Gasteiger partial charge is 0.133 e. The summed E-state index contributed by atoms with van der Waals surface area (Å²) in [5.41, 5.74) is 0. The molecule has 0 rings (SSSR count). The molecule has 35 heavy (non-hydrogen) atoms. The molecular weight excluding hydrogens is 432 g/mol. The topological polar surface area (TPSA) is 60.7 Å². The Kier molecular flexibility index (Phi) is 25.2. The van der Waals surface area contributed by atoms with Gasteiger partial charge in [0.05, 0.1) is 0 Å². The van der Waals surface area contributed by atoms with E-state index in [2.05, 4.69) is 59.4 Å². The lowest BCUT2D eigenvalue weighted by Crippen LogP contribution is -2.01. The third-order valence-electron chi connectivity index (χ3n) is 5.16. The van der Waals surface area contributed by atoms with E-state index in [4.69, 9.17) is 11.5 Å². The van der Waals surface area contributed by atoms with Gasteiger partial charge in [0.15, 0.2) is 0 Å². The minimum atomic E-state index is -0.739. The molecular formula is C32H42O3. The molecule has 0 aromatic heterocycles. The van der Waals surface area contributed by atoms with E-state index >= 15 is 0 Å². The van der Waals surface area contributed by atoms with Gasteiger partial charge in [0.1, 0.15) is 18.8 Å². The van der Waals surface area contributed by atoms with E-state index in [1.807, 2.05) is 12.2 Å². The van der Waals surface area contributed by atoms with Crippen molar-refractivity contribution in [3.63, 3.8) is 0 Å². The molecule has 0 aliphatic carbocycles. The van der Waals surface area contributed by atoms with E-state index in [9.17, 15) is 10.2 Å². The molecule has 0 aliphatic heterocycles. The number of terminal acetylenes is 1. The molecule has 0 aliphatic rings. The molecule has 0 amide bonds. The number of aliphatic hydroxyl groups excluding tert-OH is 3. The molecule has 0 unspecified atom stereocenters. The first-order chi connectivity index (χ1) is 17.2. The van der Waals surface area contributed by atoms with Gasteiger partial charge < -0.3 is 15.3 Å². The van der Waals surface area contributed by atoms with E-state index in [1.165, 1.54) is 38.5 Å². The van der Waals surface area contributed by atoms with Crippen LogP contribution in [-0.4, -0.2) is 34.1 Å². The highest BCUT2D eigenvalue weighted by Gasteiger charge is 1.98. The van der Waals surface area contributed by atoms with Crippen LogP contribution in [0.15, 0.2) is 24.3 Å². The molecule has 0 spiro atoms. The van der Waals surface area contributed by atoms with E-state index in [0.29, 0.717) is 6.42 Å². The predicted octanol–water partition coefficient (Wildman–Crippen LogP) is 5.31. The van der Waals surface area contributed by atoms with Gasteiger partial charge in [-0.05, 0) is 80.8 Å². The van der Waals surface area contributed by atoms with Crippen LogP contribution >= 0.6 is 0 Å². The molecule has 0 saturated heterocycles. The maximum Gasteiger partial charge on any atom is 0.133 e. The zero-order valence-electron chi connectivity index (χ0n) is 21.2. The molecule has 0 radical (unpaired) electrons. The van der Waals surface area contributed by atoms with E-state index in [1.54, 1.807) is 6.08 Å². The Hall–Kier alpha value is -2.84. The van der Waals surface area contributed by atoms with Crippen molar-refractivity contribution in [2.75, 3.05) is 6.61 Å². The van der Waals surface area contributed by atoms with Crippen molar-refractivity contribution in [1.82, 2.24) is 0 Å². The lowest BCUT2D eigenvalue weighted by molar-refractivity contribution is 0.217. The number of aliphatic hydroxyl groups is 3. The summed E-state index contributed by atoms with van der Waals surface area (Å²) >= 11 is 0. The van der Waals surface area contributed by atoms with Crippen molar-refractivity contribution in [2.45, 2.75) is 109 Å². The molecule has 3 nitrogen and oxygen atoms in total. The average Bonchev–Trinajstić information content (AvgIpc) is 2.86. The number of allylic oxidation sites excluding steroid dienone is 3. The maximum absolute atomic E-state index is 9.76. The van der Waals surface area contributed by atoms with Crippen LogP contribution in [0, 0.1) is 59.7 Å². The Morgan fingerprint density at radius 3 is 2.03 bits per heavy atom. The summed E-state index contributed by atoms with van der Waals surface area (Å²) in [5, 5.41) is 27.4. The van der Waals surface area contributed by atoms with Crippen LogP contribution < -0.4 is 0 Å². The Bertz CT molecular complexity index is 859. The molecule has 3 N–H and O–H groups in total. The molecule has 0 fully saturated rings. The number of hydrogen-bond acceptors (Lipinski definition) is 3. The number of rotatable bonds is 17. The van der Waals surface area contributed by atoms with Crippen LogP contribution in [0.1, 0.15) is 96.3 Å². The Labute approximate surface area is 214 Å². The van der Waals surface area contributed by atoms with E-state index in [-0.39, 0.29) is 6.61 Å². The molecule has 0 saturated carbocycles. The zero-order valence-corrected chi connectivity index (χ0v) is 21.2. The molecule has 0 heterocycles. The fourth-order valence-electron chi connectivity index (χ4n) is 3.20. The van der Waals surface area contributed by atoms with Crippen LogP contribution in [0.4, 0.5) is 0 Å². The maximum atomic E-state index is 9.76. The largest absolute Gasteiger partial charge is 0.384 e. The van der Waals surface area contributed by atoms with Crippen molar-refractivity contribution >= 4 is 0 Å². The first-order valence-corrected chi connectivity index (χ1v) is 12.9. The van der Waals surface area contributed by atoms with Crippen molar-refractivity contribution in [1.29, 1.82) is 0 Å². The highest BCUT2D eigenvalue weighted by molar-refractivity contribution is 5.36. The highest BCUT2D eigenvalue weighted by Crippen LogP contribution is 2.10. The van der Waals surface area contributed by atoms with Crippen molar-refractivity contribution in [3.05, 3.63) is 24.3 Å². The van der Waals surface area contributed by atoms with Gasteiger partial charge in [0.25, 0.3) is 0 Å². The molecule has 0 bridgehead atoms. The minimum absolute atomic E-state index is 0.211. The zero-order chi connectivity index (χ0) is 25.7. The monoisotopic (exact) mass is 474 g/mol. The summed E-state index contributed by atoms with van der Waals surface area (Å²) in [7, 11) is 0. The van der Waals surface area contributed by atoms with Crippen LogP contribution in [0.5, 0.6) is 0 Å². The van der Waals surface area contributed by atoms with Crippen LogP contribution in [-0.2, 0) is 0 Å². The lowest BCUT2D eigenvalue weighted by Gasteiger charge is -2.01. The molecule has 0 aromatic carbocycles. The van der Waals surface area contributed by atoms with Crippen LogP contribution in [0.2, 0.25) is 0 Å². The molecule has 3 heteroatoms. The third-order valence-corrected chi connectivity index (χ3v) is 5.16. The van der Waals surface area contributed by atoms with Crippen molar-refractivity contribution in [3.8, 4) is 59.7 Å². The summed E-state index contributed by atoms with van der Waals surface area (Å²) in [4.78, 5) is 0. The van der Waals surface area contributed by atoms with Crippen LogP contribution in [0.25, 0.3) is 0 Å². The Balaban J connectivity index is 3.48. The second kappa shape index (κ2) is 27.4. The first kappa shape index (κ1) is 32.2. The van der Waals surface area contributed by atoms with Gasteiger partial charge in [-0.3, -0.25) is 0 Å². The Morgan fingerprint density at radius 1 is 0.686 bits per heavy atom. The van der Waals surface area contributed by atoms with Gasteiger partial charge in [0, 0.05) is 6.42 Å². The van der Waals surface area contributed by atoms with Gasteiger partial charge in [0.2, 0.25) is 0 Å². The fraction of sp³-hybridized carbons (Fsp3) is 0.562. The second-order valence-corrected chi connectivity index (χ2v) is 8.26.